The van der Waals surface area contributed by atoms with Crippen molar-refractivity contribution in [1.82, 2.24) is 10.3 Å². The number of aromatic nitrogens is 1. The maximum atomic E-state index is 3.98. The molecule has 0 spiro atoms. The first-order valence-electron chi connectivity index (χ1n) is 5.07. The highest BCUT2D eigenvalue weighted by molar-refractivity contribution is 5.12. The molecule has 72 valence electrons. The second-order valence-electron chi connectivity index (χ2n) is 3.00. The second-order valence-corrected chi connectivity index (χ2v) is 3.00. The van der Waals surface area contributed by atoms with E-state index in [9.17, 15) is 0 Å². The maximum absolute atomic E-state index is 3.98. The van der Waals surface area contributed by atoms with Crippen LogP contribution in [0.15, 0.2) is 24.5 Å². The van der Waals surface area contributed by atoms with Gasteiger partial charge in [-0.15, -0.1) is 0 Å². The fraction of sp³-hybridized carbons (Fsp3) is 0.545. The first kappa shape index (κ1) is 10.2. The molecule has 1 saturated heterocycles. The lowest BCUT2D eigenvalue weighted by molar-refractivity contribution is 0.369. The predicted molar refractivity (Wildman–Crippen MR) is 55.7 cm³/mol. The summed E-state index contributed by atoms with van der Waals surface area (Å²) in [6.45, 7) is 5.19. The van der Waals surface area contributed by atoms with Gasteiger partial charge in [-0.05, 0) is 37.1 Å². The van der Waals surface area contributed by atoms with E-state index in [1.165, 1.54) is 18.5 Å². The van der Waals surface area contributed by atoms with Crippen LogP contribution in [-0.4, -0.2) is 17.6 Å². The largest absolute Gasteiger partial charge is 0.314 e. The number of hydrogen-bond acceptors (Lipinski definition) is 2. The van der Waals surface area contributed by atoms with Gasteiger partial charge >= 0.3 is 0 Å². The van der Waals surface area contributed by atoms with E-state index in [1.54, 1.807) is 0 Å². The van der Waals surface area contributed by atoms with Crippen LogP contribution in [0.3, 0.4) is 0 Å². The van der Waals surface area contributed by atoms with E-state index >= 15 is 0 Å². The molecule has 0 aliphatic carbocycles. The summed E-state index contributed by atoms with van der Waals surface area (Å²) < 4.78 is 0. The molecule has 0 aromatic carbocycles. The molecule has 1 aliphatic heterocycles. The van der Waals surface area contributed by atoms with Crippen LogP contribution in [0.2, 0.25) is 0 Å². The maximum Gasteiger partial charge on any atom is 0.0270 e. The van der Waals surface area contributed by atoms with E-state index in [0.29, 0.717) is 0 Å². The van der Waals surface area contributed by atoms with Crippen molar-refractivity contribution >= 4 is 0 Å². The molecule has 1 fully saturated rings. The summed E-state index contributed by atoms with van der Waals surface area (Å²) in [5.74, 6) is 0. The molecule has 0 radical (unpaired) electrons. The van der Waals surface area contributed by atoms with Gasteiger partial charge in [0.1, 0.15) is 0 Å². The second kappa shape index (κ2) is 5.70. The summed E-state index contributed by atoms with van der Waals surface area (Å²) in [6, 6.07) is 4.89. The monoisotopic (exact) mass is 178 g/mol. The van der Waals surface area contributed by atoms with E-state index in [4.69, 9.17) is 0 Å². The fourth-order valence-electron chi connectivity index (χ4n) is 1.33. The fourth-order valence-corrected chi connectivity index (χ4v) is 1.33. The van der Waals surface area contributed by atoms with Crippen LogP contribution in [0.1, 0.15) is 25.8 Å². The SMILES string of the molecule is CC.c1cc(CC2CCN2)ccn1. The predicted octanol–water partition coefficient (Wildman–Crippen LogP) is 2.01. The molecule has 2 heteroatoms. The zero-order valence-electron chi connectivity index (χ0n) is 8.46. The van der Waals surface area contributed by atoms with Crippen molar-refractivity contribution in [2.75, 3.05) is 6.54 Å². The summed E-state index contributed by atoms with van der Waals surface area (Å²) in [5, 5.41) is 3.37. The molecule has 1 N–H and O–H groups in total. The normalized spacial score (nSPS) is 19.7. The van der Waals surface area contributed by atoms with E-state index in [-0.39, 0.29) is 0 Å². The molecule has 0 saturated carbocycles. The summed E-state index contributed by atoms with van der Waals surface area (Å²) in [4.78, 5) is 3.98. The van der Waals surface area contributed by atoms with Gasteiger partial charge in [-0.1, -0.05) is 13.8 Å². The van der Waals surface area contributed by atoms with Crippen LogP contribution in [-0.2, 0) is 6.42 Å². The molecule has 1 aromatic rings. The third kappa shape index (κ3) is 3.15. The van der Waals surface area contributed by atoms with Crippen LogP contribution in [0.25, 0.3) is 0 Å². The summed E-state index contributed by atoms with van der Waals surface area (Å²) in [6.07, 6.45) is 6.19. The Bertz CT molecular complexity index is 217. The van der Waals surface area contributed by atoms with Gasteiger partial charge in [-0.3, -0.25) is 4.98 Å². The Morgan fingerprint density at radius 2 is 2.00 bits per heavy atom. The first-order valence-corrected chi connectivity index (χ1v) is 5.07. The minimum atomic E-state index is 0.720. The topological polar surface area (TPSA) is 24.9 Å². The molecule has 1 aliphatic rings. The van der Waals surface area contributed by atoms with Crippen molar-refractivity contribution in [3.05, 3.63) is 30.1 Å². The van der Waals surface area contributed by atoms with Crippen LogP contribution in [0.4, 0.5) is 0 Å². The minimum Gasteiger partial charge on any atom is -0.314 e. The standard InChI is InChI=1S/C9H12N2.C2H6/c1-4-10-5-2-8(1)7-9-3-6-11-9;1-2/h1-2,4-5,9,11H,3,6-7H2;1-2H3. The molecule has 13 heavy (non-hydrogen) atoms. The molecule has 2 nitrogen and oxygen atoms in total. The minimum absolute atomic E-state index is 0.720. The van der Waals surface area contributed by atoms with Gasteiger partial charge in [0.2, 0.25) is 0 Å². The number of nitrogens with one attached hydrogen (secondary N) is 1. The Balaban J connectivity index is 0.000000396. The van der Waals surface area contributed by atoms with Gasteiger partial charge in [0.25, 0.3) is 0 Å². The van der Waals surface area contributed by atoms with E-state index in [2.05, 4.69) is 22.4 Å². The third-order valence-electron chi connectivity index (χ3n) is 2.16. The number of pyridine rings is 1. The Labute approximate surface area is 80.4 Å². The molecule has 1 atom stereocenters. The zero-order chi connectivity index (χ0) is 9.52. The molecule has 0 amide bonds. The molecular formula is C11H18N2. The van der Waals surface area contributed by atoms with E-state index in [0.717, 1.165) is 12.5 Å². The quantitative estimate of drug-likeness (QED) is 0.749. The van der Waals surface area contributed by atoms with Crippen LogP contribution >= 0.6 is 0 Å². The number of nitrogens with zero attached hydrogens (tertiary/aromatic N) is 1. The zero-order valence-corrected chi connectivity index (χ0v) is 8.46. The van der Waals surface area contributed by atoms with Crippen molar-refractivity contribution in [3.8, 4) is 0 Å². The Kier molecular flexibility index (Phi) is 4.47. The average molecular weight is 178 g/mol. The van der Waals surface area contributed by atoms with Crippen molar-refractivity contribution < 1.29 is 0 Å². The molecular weight excluding hydrogens is 160 g/mol. The Morgan fingerprint density at radius 3 is 2.46 bits per heavy atom. The van der Waals surface area contributed by atoms with Crippen molar-refractivity contribution in [3.63, 3.8) is 0 Å². The van der Waals surface area contributed by atoms with Crippen LogP contribution in [0, 0.1) is 0 Å². The van der Waals surface area contributed by atoms with E-state index < -0.39 is 0 Å². The smallest absolute Gasteiger partial charge is 0.0270 e. The van der Waals surface area contributed by atoms with Crippen molar-refractivity contribution in [1.29, 1.82) is 0 Å². The molecule has 0 bridgehead atoms. The molecule has 1 aromatic heterocycles. The van der Waals surface area contributed by atoms with Gasteiger partial charge in [-0.25, -0.2) is 0 Å². The van der Waals surface area contributed by atoms with E-state index in [1.807, 2.05) is 26.2 Å². The summed E-state index contributed by atoms with van der Waals surface area (Å²) in [7, 11) is 0. The molecule has 1 unspecified atom stereocenters. The highest BCUT2D eigenvalue weighted by Gasteiger charge is 2.15. The molecule has 2 rings (SSSR count). The van der Waals surface area contributed by atoms with Gasteiger partial charge in [0, 0.05) is 18.4 Å². The lowest BCUT2D eigenvalue weighted by Crippen LogP contribution is -2.44. The van der Waals surface area contributed by atoms with Gasteiger partial charge in [-0.2, -0.15) is 0 Å². The third-order valence-corrected chi connectivity index (χ3v) is 2.16. The van der Waals surface area contributed by atoms with Crippen molar-refractivity contribution in [2.24, 2.45) is 0 Å². The lowest BCUT2D eigenvalue weighted by Gasteiger charge is -2.27. The Hall–Kier alpha value is -0.890. The number of rotatable bonds is 2. The average Bonchev–Trinajstić information content (AvgIpc) is 2.17. The van der Waals surface area contributed by atoms with Crippen LogP contribution < -0.4 is 5.32 Å². The lowest BCUT2D eigenvalue weighted by atomic mass is 9.99. The Morgan fingerprint density at radius 1 is 1.38 bits per heavy atom. The van der Waals surface area contributed by atoms with Gasteiger partial charge in [0.05, 0.1) is 0 Å². The van der Waals surface area contributed by atoms with Crippen molar-refractivity contribution in [2.45, 2.75) is 32.7 Å². The summed E-state index contributed by atoms with van der Waals surface area (Å²) in [5.41, 5.74) is 1.39. The number of hydrogen-bond donors (Lipinski definition) is 1. The highest BCUT2D eigenvalue weighted by Crippen LogP contribution is 2.09. The van der Waals surface area contributed by atoms with Gasteiger partial charge < -0.3 is 5.32 Å². The highest BCUT2D eigenvalue weighted by atomic mass is 15.0. The summed E-state index contributed by atoms with van der Waals surface area (Å²) >= 11 is 0. The van der Waals surface area contributed by atoms with Crippen LogP contribution in [0.5, 0.6) is 0 Å². The first-order chi connectivity index (χ1) is 6.45. The molecule has 2 heterocycles. The van der Waals surface area contributed by atoms with Gasteiger partial charge in [0.15, 0.2) is 0 Å².